The summed E-state index contributed by atoms with van der Waals surface area (Å²) in [5.41, 5.74) is 0.956. The first-order valence-electron chi connectivity index (χ1n) is 5.16. The van der Waals surface area contributed by atoms with E-state index in [-0.39, 0.29) is 23.0 Å². The number of halogens is 1. The lowest BCUT2D eigenvalue weighted by molar-refractivity contribution is -0.119. The molecule has 0 spiro atoms. The number of hydrogen-bond donors (Lipinski definition) is 0. The van der Waals surface area contributed by atoms with Gasteiger partial charge in [0.2, 0.25) is 0 Å². The van der Waals surface area contributed by atoms with Crippen molar-refractivity contribution in [3.8, 4) is 0 Å². The molecule has 1 aromatic carbocycles. The van der Waals surface area contributed by atoms with Gasteiger partial charge in [0, 0.05) is 0 Å². The number of carbonyl (C=O) groups excluding carboxylic acids is 2. The summed E-state index contributed by atoms with van der Waals surface area (Å²) in [5.74, 6) is -0.826. The molecule has 2 nitrogen and oxygen atoms in total. The van der Waals surface area contributed by atoms with E-state index in [1.165, 1.54) is 32.1 Å². The van der Waals surface area contributed by atoms with Gasteiger partial charge in [0.1, 0.15) is 5.82 Å². The van der Waals surface area contributed by atoms with Gasteiger partial charge < -0.3 is 0 Å². The molecule has 0 heterocycles. The van der Waals surface area contributed by atoms with E-state index in [0.717, 1.165) is 5.56 Å². The molecule has 0 aliphatic rings. The average molecular weight is 232 g/mol. The van der Waals surface area contributed by atoms with Gasteiger partial charge >= 0.3 is 0 Å². The van der Waals surface area contributed by atoms with Crippen molar-refractivity contribution in [3.63, 3.8) is 0 Å². The van der Waals surface area contributed by atoms with E-state index >= 15 is 0 Å². The first-order chi connectivity index (χ1) is 8.00. The third kappa shape index (κ3) is 4.15. The Labute approximate surface area is 99.5 Å². The van der Waals surface area contributed by atoms with Crippen molar-refractivity contribution < 1.29 is 14.0 Å². The Bertz CT molecular complexity index is 465. The van der Waals surface area contributed by atoms with Crippen molar-refractivity contribution in [2.45, 2.75) is 13.8 Å². The molecule has 0 saturated carbocycles. The van der Waals surface area contributed by atoms with E-state index in [9.17, 15) is 14.0 Å². The highest BCUT2D eigenvalue weighted by Gasteiger charge is 2.06. The molecule has 0 aliphatic heterocycles. The topological polar surface area (TPSA) is 34.1 Å². The molecule has 0 fully saturated rings. The van der Waals surface area contributed by atoms with E-state index in [4.69, 9.17) is 0 Å². The summed E-state index contributed by atoms with van der Waals surface area (Å²) >= 11 is 0. The Morgan fingerprint density at radius 2 is 1.59 bits per heavy atom. The number of Topliss-reactive ketones (excluding diaryl/α,β-unsaturated/α-hetero) is 2. The summed E-state index contributed by atoms with van der Waals surface area (Å²) in [6, 6.07) is 5.92. The van der Waals surface area contributed by atoms with Crippen molar-refractivity contribution >= 4 is 17.6 Å². The van der Waals surface area contributed by atoms with Crippen LogP contribution in [-0.2, 0) is 9.59 Å². The van der Waals surface area contributed by atoms with Crippen LogP contribution >= 0.6 is 0 Å². The quantitative estimate of drug-likeness (QED) is 0.346. The maximum absolute atomic E-state index is 12.6. The normalized spacial score (nSPS) is 10.3. The molecule has 0 bridgehead atoms. The van der Waals surface area contributed by atoms with Crippen molar-refractivity contribution in [3.05, 3.63) is 53.4 Å². The monoisotopic (exact) mass is 232 g/mol. The highest BCUT2D eigenvalue weighted by molar-refractivity contribution is 6.18. The zero-order chi connectivity index (χ0) is 12.8. The maximum Gasteiger partial charge on any atom is 0.163 e. The largest absolute Gasteiger partial charge is 0.294 e. The minimum absolute atomic E-state index is 0.156. The van der Waals surface area contributed by atoms with E-state index in [1.54, 1.807) is 24.3 Å². The molecule has 0 unspecified atom stereocenters. The molecule has 88 valence electrons. The third-order valence-electron chi connectivity index (χ3n) is 2.18. The summed E-state index contributed by atoms with van der Waals surface area (Å²) in [4.78, 5) is 22.2. The van der Waals surface area contributed by atoms with Crippen molar-refractivity contribution in [1.82, 2.24) is 0 Å². The molecule has 3 heteroatoms. The Morgan fingerprint density at radius 3 is 2.06 bits per heavy atom. The van der Waals surface area contributed by atoms with E-state index in [2.05, 4.69) is 0 Å². The van der Waals surface area contributed by atoms with Crippen molar-refractivity contribution in [2.24, 2.45) is 0 Å². The Balaban J connectivity index is 2.84. The number of allylic oxidation sites excluding steroid dienone is 3. The van der Waals surface area contributed by atoms with Crippen LogP contribution in [0.4, 0.5) is 4.39 Å². The van der Waals surface area contributed by atoms with E-state index < -0.39 is 0 Å². The summed E-state index contributed by atoms with van der Waals surface area (Å²) < 4.78 is 12.6. The molecule has 1 aromatic rings. The highest BCUT2D eigenvalue weighted by Crippen LogP contribution is 2.06. The van der Waals surface area contributed by atoms with Crippen LogP contribution in [0.25, 0.3) is 6.08 Å². The summed E-state index contributed by atoms with van der Waals surface area (Å²) in [5, 5.41) is 0. The number of benzene rings is 1. The molecule has 0 saturated heterocycles. The average Bonchev–Trinajstić information content (AvgIpc) is 2.25. The van der Waals surface area contributed by atoms with Crippen LogP contribution in [-0.4, -0.2) is 11.6 Å². The lowest BCUT2D eigenvalue weighted by atomic mass is 10.1. The van der Waals surface area contributed by atoms with Crippen LogP contribution in [0.5, 0.6) is 0 Å². The van der Waals surface area contributed by atoms with Crippen LogP contribution in [0.15, 0.2) is 42.0 Å². The smallest absolute Gasteiger partial charge is 0.163 e. The SMILES string of the molecule is CC(=O)C(=C/C=C/c1ccc(F)cc1)C(C)=O. The second-order valence-corrected chi connectivity index (χ2v) is 3.60. The summed E-state index contributed by atoms with van der Waals surface area (Å²) in [6.45, 7) is 2.69. The molecule has 0 atom stereocenters. The summed E-state index contributed by atoms with van der Waals surface area (Å²) in [7, 11) is 0. The number of carbonyl (C=O) groups is 2. The van der Waals surface area contributed by atoms with Crippen molar-refractivity contribution in [2.75, 3.05) is 0 Å². The highest BCUT2D eigenvalue weighted by atomic mass is 19.1. The van der Waals surface area contributed by atoms with Gasteiger partial charge in [-0.3, -0.25) is 9.59 Å². The Morgan fingerprint density at radius 1 is 1.06 bits per heavy atom. The second kappa shape index (κ2) is 5.89. The standard InChI is InChI=1S/C14H13FO2/c1-10(16)14(11(2)17)5-3-4-12-6-8-13(15)9-7-12/h3-9H,1-2H3/b4-3+. The van der Waals surface area contributed by atoms with Gasteiger partial charge in [-0.25, -0.2) is 4.39 Å². The fourth-order valence-corrected chi connectivity index (χ4v) is 1.31. The van der Waals surface area contributed by atoms with Gasteiger partial charge in [-0.2, -0.15) is 0 Å². The minimum Gasteiger partial charge on any atom is -0.294 e. The third-order valence-corrected chi connectivity index (χ3v) is 2.18. The molecule has 0 radical (unpaired) electrons. The predicted octanol–water partition coefficient (Wildman–Crippen LogP) is 2.94. The van der Waals surface area contributed by atoms with Crippen LogP contribution < -0.4 is 0 Å². The molecule has 0 N–H and O–H groups in total. The molecule has 17 heavy (non-hydrogen) atoms. The first-order valence-corrected chi connectivity index (χ1v) is 5.16. The lowest BCUT2D eigenvalue weighted by Gasteiger charge is -1.95. The molecular weight excluding hydrogens is 219 g/mol. The van der Waals surface area contributed by atoms with Gasteiger partial charge in [-0.1, -0.05) is 24.3 Å². The number of rotatable bonds is 4. The van der Waals surface area contributed by atoms with Gasteiger partial charge in [-0.05, 0) is 37.6 Å². The van der Waals surface area contributed by atoms with Crippen LogP contribution in [0.2, 0.25) is 0 Å². The number of hydrogen-bond acceptors (Lipinski definition) is 2. The van der Waals surface area contributed by atoms with Gasteiger partial charge in [-0.15, -0.1) is 0 Å². The minimum atomic E-state index is -0.300. The van der Waals surface area contributed by atoms with Gasteiger partial charge in [0.05, 0.1) is 5.57 Å². The maximum atomic E-state index is 12.6. The molecule has 1 rings (SSSR count). The predicted molar refractivity (Wildman–Crippen MR) is 64.9 cm³/mol. The van der Waals surface area contributed by atoms with E-state index in [1.807, 2.05) is 0 Å². The zero-order valence-electron chi connectivity index (χ0n) is 9.74. The fourth-order valence-electron chi connectivity index (χ4n) is 1.31. The van der Waals surface area contributed by atoms with Gasteiger partial charge in [0.15, 0.2) is 11.6 Å². The van der Waals surface area contributed by atoms with Crippen molar-refractivity contribution in [1.29, 1.82) is 0 Å². The molecule has 0 aromatic heterocycles. The van der Waals surface area contributed by atoms with E-state index in [0.29, 0.717) is 0 Å². The molecular formula is C14H13FO2. The molecule has 0 amide bonds. The van der Waals surface area contributed by atoms with Crippen LogP contribution in [0, 0.1) is 5.82 Å². The first kappa shape index (κ1) is 13.0. The summed E-state index contributed by atoms with van der Waals surface area (Å²) in [6.07, 6.45) is 4.77. The molecule has 0 aliphatic carbocycles. The van der Waals surface area contributed by atoms with Crippen LogP contribution in [0.1, 0.15) is 19.4 Å². The second-order valence-electron chi connectivity index (χ2n) is 3.60. The van der Waals surface area contributed by atoms with Crippen LogP contribution in [0.3, 0.4) is 0 Å². The Kier molecular flexibility index (Phi) is 4.52. The Hall–Kier alpha value is -2.03. The fraction of sp³-hybridized carbons (Fsp3) is 0.143. The lowest BCUT2D eigenvalue weighted by Crippen LogP contribution is -2.05. The van der Waals surface area contributed by atoms with Gasteiger partial charge in [0.25, 0.3) is 0 Å². The zero-order valence-corrected chi connectivity index (χ0v) is 9.74. The number of ketones is 2.